The summed E-state index contributed by atoms with van der Waals surface area (Å²) in [6, 6.07) is 4.77. The van der Waals surface area contributed by atoms with Gasteiger partial charge in [0.25, 0.3) is 5.91 Å². The van der Waals surface area contributed by atoms with E-state index in [2.05, 4.69) is 27.1 Å². The molecule has 0 spiro atoms. The van der Waals surface area contributed by atoms with Gasteiger partial charge in [0.1, 0.15) is 18.8 Å². The predicted molar refractivity (Wildman–Crippen MR) is 85.6 cm³/mol. The summed E-state index contributed by atoms with van der Waals surface area (Å²) >= 11 is 0. The summed E-state index contributed by atoms with van der Waals surface area (Å²) in [7, 11) is 0. The molecule has 0 bridgehead atoms. The second-order valence-electron chi connectivity index (χ2n) is 4.76. The van der Waals surface area contributed by atoms with Crippen LogP contribution in [0.25, 0.3) is 0 Å². The molecule has 1 aromatic carbocycles. The number of H-pyrrole nitrogens is 1. The number of rotatable bonds is 8. The van der Waals surface area contributed by atoms with Gasteiger partial charge in [-0.15, -0.1) is 0 Å². The average Bonchev–Trinajstić information content (AvgIpc) is 3.08. The molecule has 0 saturated carbocycles. The zero-order chi connectivity index (χ0) is 16.7. The molecule has 122 valence electrons. The highest BCUT2D eigenvalue weighted by Gasteiger charge is 2.15. The van der Waals surface area contributed by atoms with Crippen molar-refractivity contribution >= 4 is 5.91 Å². The summed E-state index contributed by atoms with van der Waals surface area (Å²) in [5.41, 5.74) is 0.478. The zero-order valence-corrected chi connectivity index (χ0v) is 13.2. The largest absolute Gasteiger partial charge is 0.490 e. The summed E-state index contributed by atoms with van der Waals surface area (Å²) in [6.45, 7) is 8.15. The zero-order valence-electron chi connectivity index (χ0n) is 13.2. The Bertz CT molecular complexity index is 655. The third-order valence-corrected chi connectivity index (χ3v) is 3.05. The minimum Gasteiger partial charge on any atom is -0.490 e. The fourth-order valence-corrected chi connectivity index (χ4v) is 1.96. The lowest BCUT2D eigenvalue weighted by atomic mass is 10.1. The molecule has 2 aromatic rings. The lowest BCUT2D eigenvalue weighted by molar-refractivity contribution is 0.0938. The smallest absolute Gasteiger partial charge is 0.252 e. The van der Waals surface area contributed by atoms with Crippen molar-refractivity contribution in [1.82, 2.24) is 20.5 Å². The van der Waals surface area contributed by atoms with Crippen LogP contribution in [0.1, 0.15) is 36.1 Å². The molecule has 23 heavy (non-hydrogen) atoms. The lowest BCUT2D eigenvalue weighted by Crippen LogP contribution is -2.27. The van der Waals surface area contributed by atoms with Gasteiger partial charge < -0.3 is 14.8 Å². The first kappa shape index (κ1) is 16.5. The van der Waals surface area contributed by atoms with Gasteiger partial charge in [-0.1, -0.05) is 12.7 Å². The number of benzene rings is 1. The predicted octanol–water partition coefficient (Wildman–Crippen LogP) is 2.26. The van der Waals surface area contributed by atoms with Crippen LogP contribution in [0.4, 0.5) is 0 Å². The highest BCUT2D eigenvalue weighted by Crippen LogP contribution is 2.28. The number of aromatic amines is 1. The van der Waals surface area contributed by atoms with E-state index in [0.29, 0.717) is 36.1 Å². The molecule has 0 unspecified atom stereocenters. The summed E-state index contributed by atoms with van der Waals surface area (Å²) < 4.78 is 11.0. The summed E-state index contributed by atoms with van der Waals surface area (Å²) in [4.78, 5) is 16.4. The Kier molecular flexibility index (Phi) is 5.74. The maximum atomic E-state index is 12.3. The highest BCUT2D eigenvalue weighted by atomic mass is 16.5. The van der Waals surface area contributed by atoms with Crippen molar-refractivity contribution in [1.29, 1.82) is 0 Å². The Morgan fingerprint density at radius 2 is 2.26 bits per heavy atom. The normalized spacial score (nSPS) is 11.6. The Balaban J connectivity index is 2.13. The van der Waals surface area contributed by atoms with Crippen LogP contribution in [0.15, 0.2) is 37.2 Å². The van der Waals surface area contributed by atoms with E-state index < -0.39 is 0 Å². The summed E-state index contributed by atoms with van der Waals surface area (Å²) in [5.74, 6) is 1.46. The number of ether oxygens (including phenoxy) is 2. The fourth-order valence-electron chi connectivity index (χ4n) is 1.96. The van der Waals surface area contributed by atoms with E-state index in [9.17, 15) is 4.79 Å². The fraction of sp³-hybridized carbons (Fsp3) is 0.312. The van der Waals surface area contributed by atoms with Crippen LogP contribution in [0.3, 0.4) is 0 Å². The molecule has 1 aromatic heterocycles. The van der Waals surface area contributed by atoms with Gasteiger partial charge in [0, 0.05) is 5.56 Å². The van der Waals surface area contributed by atoms with Gasteiger partial charge in [-0.25, -0.2) is 4.98 Å². The first-order valence-electron chi connectivity index (χ1n) is 7.32. The molecule has 0 aliphatic heterocycles. The number of nitrogens with one attached hydrogen (secondary N) is 2. The summed E-state index contributed by atoms with van der Waals surface area (Å²) in [6.07, 6.45) is 3.05. The molecule has 0 aliphatic carbocycles. The number of carbonyl (C=O) groups excluding carboxylic acids is 1. The van der Waals surface area contributed by atoms with Crippen molar-refractivity contribution in [3.05, 3.63) is 48.6 Å². The number of nitrogens with zero attached hydrogens (tertiary/aromatic N) is 2. The molecule has 0 fully saturated rings. The van der Waals surface area contributed by atoms with Gasteiger partial charge in [-0.2, -0.15) is 5.10 Å². The van der Waals surface area contributed by atoms with Crippen LogP contribution in [0.2, 0.25) is 0 Å². The van der Waals surface area contributed by atoms with Gasteiger partial charge in [-0.05, 0) is 32.0 Å². The molecule has 0 radical (unpaired) electrons. The van der Waals surface area contributed by atoms with Crippen molar-refractivity contribution < 1.29 is 14.3 Å². The van der Waals surface area contributed by atoms with Crippen LogP contribution in [0, 0.1) is 0 Å². The highest BCUT2D eigenvalue weighted by molar-refractivity contribution is 5.95. The van der Waals surface area contributed by atoms with Crippen LogP contribution >= 0.6 is 0 Å². The molecule has 0 saturated heterocycles. The van der Waals surface area contributed by atoms with Crippen LogP contribution in [0.5, 0.6) is 11.5 Å². The monoisotopic (exact) mass is 316 g/mol. The van der Waals surface area contributed by atoms with E-state index >= 15 is 0 Å². The van der Waals surface area contributed by atoms with Crippen LogP contribution in [-0.4, -0.2) is 34.3 Å². The van der Waals surface area contributed by atoms with E-state index in [0.717, 1.165) is 0 Å². The van der Waals surface area contributed by atoms with Crippen molar-refractivity contribution in [3.8, 4) is 11.5 Å². The number of amides is 1. The molecule has 7 heteroatoms. The standard InChI is InChI=1S/C16H20N4O3/c1-4-8-23-13-7-6-12(9-14(13)22-5-2)16(21)19-11(3)15-17-10-18-20-15/h4,6-7,9-11H,1,5,8H2,2-3H3,(H,19,21)(H,17,18,20)/t11-/m1/s1. The number of hydrogen-bond donors (Lipinski definition) is 2. The topological polar surface area (TPSA) is 89.1 Å². The molecular formula is C16H20N4O3. The van der Waals surface area contributed by atoms with E-state index in [-0.39, 0.29) is 11.9 Å². The minimum atomic E-state index is -0.280. The van der Waals surface area contributed by atoms with Crippen LogP contribution in [-0.2, 0) is 0 Å². The minimum absolute atomic E-state index is 0.231. The van der Waals surface area contributed by atoms with E-state index in [1.807, 2.05) is 13.8 Å². The molecule has 2 N–H and O–H groups in total. The van der Waals surface area contributed by atoms with E-state index in [1.165, 1.54) is 6.33 Å². The first-order chi connectivity index (χ1) is 11.2. The molecule has 1 heterocycles. The van der Waals surface area contributed by atoms with Gasteiger partial charge in [0.05, 0.1) is 12.6 Å². The molecule has 1 amide bonds. The molecule has 0 aliphatic rings. The van der Waals surface area contributed by atoms with Gasteiger partial charge in [-0.3, -0.25) is 9.89 Å². The molecule has 7 nitrogen and oxygen atoms in total. The van der Waals surface area contributed by atoms with Gasteiger partial charge >= 0.3 is 0 Å². The second-order valence-corrected chi connectivity index (χ2v) is 4.76. The third-order valence-electron chi connectivity index (χ3n) is 3.05. The number of aromatic nitrogens is 3. The van der Waals surface area contributed by atoms with Crippen LogP contribution < -0.4 is 14.8 Å². The number of carbonyl (C=O) groups is 1. The molecule has 1 atom stereocenters. The SMILES string of the molecule is C=CCOc1ccc(C(=O)N[C@H](C)c2ncn[nH]2)cc1OCC. The Hall–Kier alpha value is -2.83. The lowest BCUT2D eigenvalue weighted by Gasteiger charge is -2.14. The Morgan fingerprint density at radius 1 is 1.43 bits per heavy atom. The van der Waals surface area contributed by atoms with Crippen molar-refractivity contribution in [2.75, 3.05) is 13.2 Å². The molecular weight excluding hydrogens is 296 g/mol. The second kappa shape index (κ2) is 7.98. The third kappa shape index (κ3) is 4.32. The van der Waals surface area contributed by atoms with Gasteiger partial charge in [0.2, 0.25) is 0 Å². The average molecular weight is 316 g/mol. The maximum absolute atomic E-state index is 12.3. The summed E-state index contributed by atoms with van der Waals surface area (Å²) in [5, 5.41) is 9.34. The van der Waals surface area contributed by atoms with E-state index in [4.69, 9.17) is 9.47 Å². The van der Waals surface area contributed by atoms with E-state index in [1.54, 1.807) is 24.3 Å². The first-order valence-corrected chi connectivity index (χ1v) is 7.32. The maximum Gasteiger partial charge on any atom is 0.252 e. The quantitative estimate of drug-likeness (QED) is 0.729. The Labute approximate surface area is 134 Å². The van der Waals surface area contributed by atoms with Crippen molar-refractivity contribution in [2.24, 2.45) is 0 Å². The number of hydrogen-bond acceptors (Lipinski definition) is 5. The van der Waals surface area contributed by atoms with Gasteiger partial charge in [0.15, 0.2) is 11.5 Å². The Morgan fingerprint density at radius 3 is 2.91 bits per heavy atom. The molecule has 2 rings (SSSR count). The van der Waals surface area contributed by atoms with Crippen molar-refractivity contribution in [2.45, 2.75) is 19.9 Å². The van der Waals surface area contributed by atoms with Crippen molar-refractivity contribution in [3.63, 3.8) is 0 Å².